The number of hydrogen-bond acceptors (Lipinski definition) is 9. The molecule has 6 aliphatic rings. The maximum atomic E-state index is 12.7. The van der Waals surface area contributed by atoms with E-state index in [0.717, 1.165) is 38.9 Å². The van der Waals surface area contributed by atoms with Crippen molar-refractivity contribution in [2.24, 2.45) is 5.92 Å². The summed E-state index contributed by atoms with van der Waals surface area (Å²) < 4.78 is 61.5. The number of fused-ring (bicyclic) bond motifs is 12. The van der Waals surface area contributed by atoms with Gasteiger partial charge in [-0.05, 0) is 38.0 Å². The molecule has 6 heterocycles. The van der Waals surface area contributed by atoms with Crippen LogP contribution >= 0.6 is 0 Å². The third-order valence-corrected chi connectivity index (χ3v) is 14.2. The molecule has 0 saturated carbocycles. The number of rotatable bonds is 8. The van der Waals surface area contributed by atoms with Crippen molar-refractivity contribution in [2.75, 3.05) is 70.8 Å². The average Bonchev–Trinajstić information content (AvgIpc) is 2.62. The first-order chi connectivity index (χ1) is 15.0. The normalized spacial score (nSPS) is 37.3. The number of sulfone groups is 1. The van der Waals surface area contributed by atoms with Crippen LogP contribution in [0.1, 0.15) is 32.1 Å². The van der Waals surface area contributed by atoms with Gasteiger partial charge in [0.2, 0.25) is 0 Å². The van der Waals surface area contributed by atoms with Gasteiger partial charge in [0.1, 0.15) is 9.84 Å². The predicted molar refractivity (Wildman–Crippen MR) is 119 cm³/mol. The summed E-state index contributed by atoms with van der Waals surface area (Å²) in [5.74, 6) is 0.872. The van der Waals surface area contributed by atoms with Crippen LogP contribution < -0.4 is 0 Å². The smallest absolute Gasteiger partial charge is 0.373 e. The van der Waals surface area contributed by atoms with E-state index in [9.17, 15) is 8.42 Å². The Morgan fingerprint density at radius 3 is 1.45 bits per heavy atom. The van der Waals surface area contributed by atoms with Gasteiger partial charge in [-0.1, -0.05) is 0 Å². The zero-order chi connectivity index (χ0) is 21.6. The third-order valence-electron chi connectivity index (χ3n) is 6.61. The second kappa shape index (κ2) is 11.0. The molecular formula is C19H37NO8SSi2. The Morgan fingerprint density at radius 2 is 1.03 bits per heavy atom. The van der Waals surface area contributed by atoms with Crippen molar-refractivity contribution < 1.29 is 35.0 Å². The molecule has 12 heteroatoms. The molecule has 0 aromatic carbocycles. The fourth-order valence-corrected chi connectivity index (χ4v) is 11.7. The minimum absolute atomic E-state index is 0.128. The second-order valence-electron chi connectivity index (χ2n) is 8.89. The maximum Gasteiger partial charge on any atom is 0.501 e. The van der Waals surface area contributed by atoms with Crippen LogP contribution in [0.3, 0.4) is 0 Å². The Hall–Kier alpha value is 0.104. The third kappa shape index (κ3) is 7.04. The van der Waals surface area contributed by atoms with E-state index < -0.39 is 27.4 Å². The molecular weight excluding hydrogens is 458 g/mol. The molecule has 9 nitrogen and oxygen atoms in total. The Kier molecular flexibility index (Phi) is 8.61. The van der Waals surface area contributed by atoms with Crippen LogP contribution in [0, 0.1) is 5.92 Å². The molecule has 0 aliphatic carbocycles. The first-order valence-electron chi connectivity index (χ1n) is 11.7. The largest absolute Gasteiger partial charge is 0.501 e. The van der Waals surface area contributed by atoms with Gasteiger partial charge >= 0.3 is 17.6 Å². The van der Waals surface area contributed by atoms with Crippen molar-refractivity contribution >= 4 is 27.4 Å². The summed E-state index contributed by atoms with van der Waals surface area (Å²) >= 11 is 0. The first kappa shape index (κ1) is 24.2. The average molecular weight is 496 g/mol. The highest BCUT2D eigenvalue weighted by molar-refractivity contribution is 7.91. The Balaban J connectivity index is 1.22. The predicted octanol–water partition coefficient (Wildman–Crippen LogP) is 1.30. The minimum atomic E-state index is -3.18. The lowest BCUT2D eigenvalue weighted by Gasteiger charge is -2.38. The van der Waals surface area contributed by atoms with Crippen molar-refractivity contribution in [3.8, 4) is 0 Å². The van der Waals surface area contributed by atoms with E-state index in [1.807, 2.05) is 0 Å². The van der Waals surface area contributed by atoms with Crippen LogP contribution in [0.25, 0.3) is 0 Å². The summed E-state index contributed by atoms with van der Waals surface area (Å²) in [6.45, 7) is 6.41. The van der Waals surface area contributed by atoms with Crippen LogP contribution in [0.5, 0.6) is 0 Å². The molecule has 6 rings (SSSR count). The molecule has 0 aromatic heterocycles. The first-order valence-corrected chi connectivity index (χ1v) is 17.4. The van der Waals surface area contributed by atoms with Gasteiger partial charge in [0, 0.05) is 51.5 Å². The van der Waals surface area contributed by atoms with Gasteiger partial charge in [-0.3, -0.25) is 4.90 Å². The highest BCUT2D eigenvalue weighted by Gasteiger charge is 2.45. The SMILES string of the molecule is O=S(=O)(CCC[Si]12OCCC(CCO1)CCO2)CCC[Si]12OCCN(CCO1)CCO2. The molecule has 4 bridgehead atoms. The van der Waals surface area contributed by atoms with Crippen LogP contribution in [-0.2, 0) is 36.4 Å². The fourth-order valence-electron chi connectivity index (χ4n) is 4.70. The summed E-state index contributed by atoms with van der Waals surface area (Å²) in [4.78, 5) is 2.27. The van der Waals surface area contributed by atoms with E-state index in [0.29, 0.717) is 70.5 Å². The molecule has 6 saturated heterocycles. The minimum Gasteiger partial charge on any atom is -0.373 e. The van der Waals surface area contributed by atoms with Crippen LogP contribution in [0.2, 0.25) is 12.1 Å². The topological polar surface area (TPSA) is 92.8 Å². The quantitative estimate of drug-likeness (QED) is 0.462. The standard InChI is InChI=1S/C19H37NO8SSi2/c21-29(22,15-1-17-30-23-9-3-19(4-10-24-30)5-11-25-30)16-2-18-31-26-12-6-20(7-13-27-31)8-14-28-31/h19H,1-18H2. The molecule has 0 N–H and O–H groups in total. The lowest BCUT2D eigenvalue weighted by atomic mass is 9.99. The van der Waals surface area contributed by atoms with E-state index in [4.69, 9.17) is 26.6 Å². The lowest BCUT2D eigenvalue weighted by Crippen LogP contribution is -2.55. The zero-order valence-corrected chi connectivity index (χ0v) is 21.2. The van der Waals surface area contributed by atoms with Gasteiger partial charge in [-0.2, -0.15) is 0 Å². The van der Waals surface area contributed by atoms with E-state index in [-0.39, 0.29) is 11.5 Å². The van der Waals surface area contributed by atoms with E-state index in [2.05, 4.69) is 4.90 Å². The second-order valence-corrected chi connectivity index (χ2v) is 16.7. The molecule has 0 unspecified atom stereocenters. The van der Waals surface area contributed by atoms with Crippen LogP contribution in [0.4, 0.5) is 0 Å². The molecule has 0 radical (unpaired) electrons. The number of hydrogen-bond donors (Lipinski definition) is 0. The molecule has 0 aromatic rings. The van der Waals surface area contributed by atoms with Crippen LogP contribution in [0.15, 0.2) is 0 Å². The van der Waals surface area contributed by atoms with Gasteiger partial charge in [0.15, 0.2) is 0 Å². The van der Waals surface area contributed by atoms with Gasteiger partial charge in [-0.15, -0.1) is 0 Å². The van der Waals surface area contributed by atoms with Crippen molar-refractivity contribution in [1.29, 1.82) is 0 Å². The molecule has 6 aliphatic heterocycles. The van der Waals surface area contributed by atoms with E-state index >= 15 is 0 Å². The monoisotopic (exact) mass is 495 g/mol. The maximum absolute atomic E-state index is 12.7. The molecule has 6 fully saturated rings. The fraction of sp³-hybridized carbons (Fsp3) is 1.00. The molecule has 31 heavy (non-hydrogen) atoms. The Morgan fingerprint density at radius 1 is 0.645 bits per heavy atom. The highest BCUT2D eigenvalue weighted by atomic mass is 32.2. The van der Waals surface area contributed by atoms with Gasteiger partial charge in [-0.25, -0.2) is 8.42 Å². The summed E-state index contributed by atoms with van der Waals surface area (Å²) in [6.07, 6.45) is 4.17. The summed E-state index contributed by atoms with van der Waals surface area (Å²) in [6, 6.07) is 1.13. The summed E-state index contributed by atoms with van der Waals surface area (Å²) in [5.41, 5.74) is 0. The zero-order valence-electron chi connectivity index (χ0n) is 18.4. The molecule has 0 atom stereocenters. The molecule has 0 amide bonds. The van der Waals surface area contributed by atoms with Gasteiger partial charge in [0.05, 0.1) is 31.3 Å². The van der Waals surface area contributed by atoms with Crippen LogP contribution in [-0.4, -0.2) is 102 Å². The van der Waals surface area contributed by atoms with E-state index in [1.165, 1.54) is 0 Å². The van der Waals surface area contributed by atoms with Crippen molar-refractivity contribution in [2.45, 2.75) is 44.2 Å². The van der Waals surface area contributed by atoms with Gasteiger partial charge in [0.25, 0.3) is 0 Å². The number of nitrogens with zero attached hydrogens (tertiary/aromatic N) is 1. The lowest BCUT2D eigenvalue weighted by molar-refractivity contribution is -0.00830. The molecule has 0 spiro atoms. The Labute approximate surface area is 188 Å². The summed E-state index contributed by atoms with van der Waals surface area (Å²) in [5, 5.41) is 0. The van der Waals surface area contributed by atoms with Crippen molar-refractivity contribution in [1.82, 2.24) is 4.90 Å². The molecule has 180 valence electrons. The Bertz CT molecular complexity index is 579. The van der Waals surface area contributed by atoms with E-state index in [1.54, 1.807) is 0 Å². The summed E-state index contributed by atoms with van der Waals surface area (Å²) in [7, 11) is -8.67. The van der Waals surface area contributed by atoms with Crippen molar-refractivity contribution in [3.05, 3.63) is 0 Å². The van der Waals surface area contributed by atoms with Gasteiger partial charge < -0.3 is 26.6 Å². The van der Waals surface area contributed by atoms with Crippen molar-refractivity contribution in [3.63, 3.8) is 0 Å². The highest BCUT2D eigenvalue weighted by Crippen LogP contribution is 2.29.